The molecule has 0 fully saturated rings. The lowest BCUT2D eigenvalue weighted by molar-refractivity contribution is 0.0951. The topological polar surface area (TPSA) is 49.6 Å². The van der Waals surface area contributed by atoms with Crippen molar-refractivity contribution in [2.75, 3.05) is 27.2 Å². The van der Waals surface area contributed by atoms with Crippen LogP contribution in [0.3, 0.4) is 0 Å². The lowest BCUT2D eigenvalue weighted by Gasteiger charge is -2.10. The van der Waals surface area contributed by atoms with Crippen molar-refractivity contribution in [1.29, 1.82) is 0 Å². The van der Waals surface area contributed by atoms with Gasteiger partial charge in [0.05, 0.1) is 15.9 Å². The first kappa shape index (κ1) is 17.6. The van der Waals surface area contributed by atoms with E-state index in [2.05, 4.69) is 10.3 Å². The van der Waals surface area contributed by atoms with Crippen LogP contribution in [0, 0.1) is 5.82 Å². The third-order valence-corrected chi connectivity index (χ3v) is 5.36. The quantitative estimate of drug-likeness (QED) is 0.573. The molecule has 0 atom stereocenters. The molecule has 0 radical (unpaired) electrons. The highest BCUT2D eigenvalue weighted by Gasteiger charge is 2.13. The van der Waals surface area contributed by atoms with E-state index < -0.39 is 0 Å². The number of fused-ring (bicyclic) bond motifs is 3. The number of nitrogens with zero attached hydrogens (tertiary/aromatic N) is 3. The van der Waals surface area contributed by atoms with Gasteiger partial charge in [0.25, 0.3) is 5.91 Å². The summed E-state index contributed by atoms with van der Waals surface area (Å²) in [4.78, 5) is 19.8. The predicted octanol–water partition coefficient (Wildman–Crippen LogP) is 3.65. The van der Waals surface area contributed by atoms with Gasteiger partial charge in [0.2, 0.25) is 0 Å². The van der Waals surface area contributed by atoms with Gasteiger partial charge < -0.3 is 10.2 Å². The van der Waals surface area contributed by atoms with E-state index in [1.165, 1.54) is 23.5 Å². The first-order valence-electron chi connectivity index (χ1n) is 8.62. The molecule has 0 bridgehead atoms. The molecule has 0 saturated heterocycles. The van der Waals surface area contributed by atoms with Gasteiger partial charge in [-0.05, 0) is 56.6 Å². The number of hydrogen-bond acceptors (Lipinski definition) is 4. The molecular weight excluding hydrogens is 363 g/mol. The highest BCUT2D eigenvalue weighted by molar-refractivity contribution is 7.23. The Balaban J connectivity index is 1.62. The molecule has 0 aliphatic heterocycles. The number of likely N-dealkylation sites (N-methyl/N-ethyl adjacent to an activating group) is 1. The fraction of sp³-hybridized carbons (Fsp3) is 0.200. The van der Waals surface area contributed by atoms with Gasteiger partial charge in [0.15, 0.2) is 4.96 Å². The normalized spacial score (nSPS) is 11.6. The van der Waals surface area contributed by atoms with Crippen molar-refractivity contribution >= 4 is 32.4 Å². The second kappa shape index (κ2) is 7.09. The fourth-order valence-corrected chi connectivity index (χ4v) is 3.94. The van der Waals surface area contributed by atoms with Gasteiger partial charge >= 0.3 is 0 Å². The van der Waals surface area contributed by atoms with Crippen LogP contribution in [0.2, 0.25) is 0 Å². The number of aromatic nitrogens is 2. The van der Waals surface area contributed by atoms with Gasteiger partial charge in [0.1, 0.15) is 5.82 Å². The summed E-state index contributed by atoms with van der Waals surface area (Å²) in [6, 6.07) is 12.0. The zero-order chi connectivity index (χ0) is 19.0. The average Bonchev–Trinajstić information content (AvgIpc) is 3.19. The Bertz CT molecular complexity index is 1110. The summed E-state index contributed by atoms with van der Waals surface area (Å²) in [6.45, 7) is 1.41. The number of carbonyl (C=O) groups excluding carboxylic acids is 1. The molecule has 7 heteroatoms. The first-order chi connectivity index (χ1) is 13.0. The van der Waals surface area contributed by atoms with E-state index in [0.29, 0.717) is 12.1 Å². The summed E-state index contributed by atoms with van der Waals surface area (Å²) >= 11 is 1.53. The molecule has 2 aromatic carbocycles. The number of halogens is 1. The zero-order valence-electron chi connectivity index (χ0n) is 15.1. The maximum atomic E-state index is 13.1. The van der Waals surface area contributed by atoms with Crippen LogP contribution in [0.5, 0.6) is 0 Å². The molecule has 0 unspecified atom stereocenters. The molecule has 0 aliphatic carbocycles. The summed E-state index contributed by atoms with van der Waals surface area (Å²) in [5.74, 6) is -0.335. The van der Waals surface area contributed by atoms with Crippen LogP contribution in [0.4, 0.5) is 4.39 Å². The van der Waals surface area contributed by atoms with Crippen molar-refractivity contribution in [2.45, 2.75) is 0 Å². The molecule has 138 valence electrons. The van der Waals surface area contributed by atoms with Gasteiger partial charge in [-0.3, -0.25) is 9.20 Å². The first-order valence-corrected chi connectivity index (χ1v) is 9.43. The van der Waals surface area contributed by atoms with Gasteiger partial charge in [0, 0.05) is 30.4 Å². The van der Waals surface area contributed by atoms with Gasteiger partial charge in [-0.1, -0.05) is 11.3 Å². The third-order valence-electron chi connectivity index (χ3n) is 4.34. The van der Waals surface area contributed by atoms with Crippen molar-refractivity contribution in [3.63, 3.8) is 0 Å². The minimum absolute atomic E-state index is 0.0724. The number of rotatable bonds is 5. The van der Waals surface area contributed by atoms with Gasteiger partial charge in [-0.15, -0.1) is 0 Å². The summed E-state index contributed by atoms with van der Waals surface area (Å²) in [6.07, 6.45) is 1.94. The summed E-state index contributed by atoms with van der Waals surface area (Å²) in [5.41, 5.74) is 3.32. The van der Waals surface area contributed by atoms with Crippen molar-refractivity contribution < 1.29 is 9.18 Å². The molecule has 2 aromatic heterocycles. The maximum absolute atomic E-state index is 13.1. The van der Waals surface area contributed by atoms with Crippen LogP contribution >= 0.6 is 11.3 Å². The van der Waals surface area contributed by atoms with Crippen LogP contribution in [0.25, 0.3) is 26.4 Å². The SMILES string of the molecule is CN(C)CCNC(=O)c1ccc2c(c1)sc1nc(-c3ccc(F)cc3)cn12. The number of imidazole rings is 1. The number of benzene rings is 2. The zero-order valence-corrected chi connectivity index (χ0v) is 15.9. The van der Waals surface area contributed by atoms with Crippen LogP contribution in [0.1, 0.15) is 10.4 Å². The Morgan fingerprint density at radius 1 is 1.22 bits per heavy atom. The highest BCUT2D eigenvalue weighted by Crippen LogP contribution is 2.30. The number of hydrogen-bond donors (Lipinski definition) is 1. The van der Waals surface area contributed by atoms with E-state index in [-0.39, 0.29) is 11.7 Å². The molecule has 1 amide bonds. The van der Waals surface area contributed by atoms with Crippen molar-refractivity contribution in [2.24, 2.45) is 0 Å². The predicted molar refractivity (Wildman–Crippen MR) is 107 cm³/mol. The van der Waals surface area contributed by atoms with Gasteiger partial charge in [-0.25, -0.2) is 9.37 Å². The molecular formula is C20H19FN4OS. The van der Waals surface area contributed by atoms with Crippen molar-refractivity contribution in [3.05, 3.63) is 60.0 Å². The van der Waals surface area contributed by atoms with Crippen LogP contribution in [-0.2, 0) is 0 Å². The van der Waals surface area contributed by atoms with Crippen LogP contribution < -0.4 is 5.32 Å². The number of nitrogens with one attached hydrogen (secondary N) is 1. The molecule has 2 heterocycles. The largest absolute Gasteiger partial charge is 0.351 e. The number of amides is 1. The molecule has 5 nitrogen and oxygen atoms in total. The van der Waals surface area contributed by atoms with E-state index in [9.17, 15) is 9.18 Å². The molecule has 1 N–H and O–H groups in total. The van der Waals surface area contributed by atoms with E-state index in [0.717, 1.165) is 33.0 Å². The van der Waals surface area contributed by atoms with Crippen molar-refractivity contribution in [3.8, 4) is 11.3 Å². The van der Waals surface area contributed by atoms with E-state index in [1.54, 1.807) is 12.1 Å². The number of thiazole rings is 1. The van der Waals surface area contributed by atoms with Crippen LogP contribution in [0.15, 0.2) is 48.7 Å². The Morgan fingerprint density at radius 2 is 2.00 bits per heavy atom. The number of carbonyl (C=O) groups is 1. The molecule has 0 saturated carbocycles. The van der Waals surface area contributed by atoms with E-state index in [4.69, 9.17) is 0 Å². The second-order valence-electron chi connectivity index (χ2n) is 6.63. The Hall–Kier alpha value is -2.77. The molecule has 27 heavy (non-hydrogen) atoms. The Morgan fingerprint density at radius 3 is 2.74 bits per heavy atom. The monoisotopic (exact) mass is 382 g/mol. The summed E-state index contributed by atoms with van der Waals surface area (Å²) in [5, 5.41) is 2.93. The molecule has 0 aliphatic rings. The Labute approximate surface area is 160 Å². The van der Waals surface area contributed by atoms with Crippen molar-refractivity contribution in [1.82, 2.24) is 19.6 Å². The average molecular weight is 382 g/mol. The standard InChI is InChI=1S/C20H19FN4OS/c1-24(2)10-9-22-19(26)14-5-8-17-18(11-14)27-20-23-16(12-25(17)20)13-3-6-15(21)7-4-13/h3-8,11-12H,9-10H2,1-2H3,(H,22,26). The maximum Gasteiger partial charge on any atom is 0.251 e. The Kier molecular flexibility index (Phi) is 4.63. The van der Waals surface area contributed by atoms with E-state index in [1.807, 2.05) is 47.8 Å². The van der Waals surface area contributed by atoms with E-state index >= 15 is 0 Å². The molecule has 4 aromatic rings. The lowest BCUT2D eigenvalue weighted by atomic mass is 10.2. The molecule has 0 spiro atoms. The minimum Gasteiger partial charge on any atom is -0.351 e. The smallest absolute Gasteiger partial charge is 0.251 e. The summed E-state index contributed by atoms with van der Waals surface area (Å²) < 4.78 is 16.1. The second-order valence-corrected chi connectivity index (χ2v) is 7.64. The van der Waals surface area contributed by atoms with Gasteiger partial charge in [-0.2, -0.15) is 0 Å². The third kappa shape index (κ3) is 3.56. The van der Waals surface area contributed by atoms with Crippen LogP contribution in [-0.4, -0.2) is 47.4 Å². The highest BCUT2D eigenvalue weighted by atomic mass is 32.1. The lowest BCUT2D eigenvalue weighted by Crippen LogP contribution is -2.31. The fourth-order valence-electron chi connectivity index (χ4n) is 2.90. The molecule has 4 rings (SSSR count). The minimum atomic E-state index is -0.262. The summed E-state index contributed by atoms with van der Waals surface area (Å²) in [7, 11) is 3.94.